The molecule has 1 atom stereocenters. The Morgan fingerprint density at radius 2 is 1.97 bits per heavy atom. The van der Waals surface area contributed by atoms with Crippen LogP contribution in [0.1, 0.15) is 22.7 Å². The maximum absolute atomic E-state index is 13.6. The number of amides is 4. The molecule has 11 heteroatoms. The average Bonchev–Trinajstić information content (AvgIpc) is 3.11. The first kappa shape index (κ1) is 22.3. The van der Waals surface area contributed by atoms with Crippen molar-refractivity contribution in [1.29, 1.82) is 0 Å². The van der Waals surface area contributed by atoms with Gasteiger partial charge < -0.3 is 15.5 Å². The quantitative estimate of drug-likeness (QED) is 0.717. The Morgan fingerprint density at radius 1 is 1.21 bits per heavy atom. The van der Waals surface area contributed by atoms with Gasteiger partial charge in [0.15, 0.2) is 0 Å². The van der Waals surface area contributed by atoms with Crippen LogP contribution in [0.5, 0.6) is 0 Å². The van der Waals surface area contributed by atoms with E-state index >= 15 is 0 Å². The maximum atomic E-state index is 13.6. The van der Waals surface area contributed by atoms with Crippen LogP contribution in [-0.2, 0) is 22.3 Å². The molecule has 0 radical (unpaired) electrons. The standard InChI is InChI=1S/C22H20F3N5O3/c1-29-16-11-30(12-17(31)27-10-13-5-4-8-26-9-13)20(32)18(16)19(28-21(29)33)14-6-2-3-7-15(14)22(23,24)25/h2-9,19H,10-12H2,1H3,(H,27,31)(H,28,33). The predicted molar refractivity (Wildman–Crippen MR) is 110 cm³/mol. The second-order valence-corrected chi connectivity index (χ2v) is 7.69. The highest BCUT2D eigenvalue weighted by Crippen LogP contribution is 2.41. The lowest BCUT2D eigenvalue weighted by Crippen LogP contribution is -2.45. The number of alkyl halides is 3. The molecule has 0 spiro atoms. The summed E-state index contributed by atoms with van der Waals surface area (Å²) >= 11 is 0. The molecule has 1 unspecified atom stereocenters. The molecule has 33 heavy (non-hydrogen) atoms. The lowest BCUT2D eigenvalue weighted by atomic mass is 9.92. The molecule has 4 rings (SSSR count). The van der Waals surface area contributed by atoms with Gasteiger partial charge in [0.25, 0.3) is 5.91 Å². The monoisotopic (exact) mass is 459 g/mol. The Hall–Kier alpha value is -3.89. The molecule has 0 bridgehead atoms. The van der Waals surface area contributed by atoms with Crippen molar-refractivity contribution in [3.05, 3.63) is 76.8 Å². The number of likely N-dealkylation sites (N-methyl/N-ethyl adjacent to an activating group) is 1. The Morgan fingerprint density at radius 3 is 2.67 bits per heavy atom. The third-order valence-corrected chi connectivity index (χ3v) is 5.56. The van der Waals surface area contributed by atoms with Gasteiger partial charge in [0.05, 0.1) is 29.4 Å². The Kier molecular flexibility index (Phi) is 5.79. The van der Waals surface area contributed by atoms with E-state index in [2.05, 4.69) is 15.6 Å². The third-order valence-electron chi connectivity index (χ3n) is 5.56. The molecular formula is C22H20F3N5O3. The van der Waals surface area contributed by atoms with E-state index < -0.39 is 35.6 Å². The van der Waals surface area contributed by atoms with Crippen LogP contribution in [0.4, 0.5) is 18.0 Å². The highest BCUT2D eigenvalue weighted by atomic mass is 19.4. The second kappa shape index (κ2) is 8.57. The van der Waals surface area contributed by atoms with Crippen LogP contribution in [0.25, 0.3) is 0 Å². The van der Waals surface area contributed by atoms with Gasteiger partial charge in [-0.2, -0.15) is 13.2 Å². The normalized spacial score (nSPS) is 18.4. The number of rotatable bonds is 5. The van der Waals surface area contributed by atoms with Gasteiger partial charge >= 0.3 is 12.2 Å². The number of nitrogens with one attached hydrogen (secondary N) is 2. The fourth-order valence-corrected chi connectivity index (χ4v) is 3.92. The van der Waals surface area contributed by atoms with Crippen molar-refractivity contribution in [2.24, 2.45) is 0 Å². The molecule has 1 aromatic carbocycles. The number of carbonyl (C=O) groups excluding carboxylic acids is 3. The SMILES string of the molecule is CN1C(=O)NC(c2ccccc2C(F)(F)F)C2=C1CN(CC(=O)NCc1cccnc1)C2=O. The molecule has 0 aliphatic carbocycles. The zero-order valence-electron chi connectivity index (χ0n) is 17.5. The highest BCUT2D eigenvalue weighted by molar-refractivity contribution is 6.03. The number of benzene rings is 1. The molecular weight excluding hydrogens is 439 g/mol. The van der Waals surface area contributed by atoms with E-state index in [1.807, 2.05) is 0 Å². The fraction of sp³-hybridized carbons (Fsp3) is 0.273. The Bertz CT molecular complexity index is 1130. The smallest absolute Gasteiger partial charge is 0.350 e. The maximum Gasteiger partial charge on any atom is 0.416 e. The molecule has 172 valence electrons. The van der Waals surface area contributed by atoms with Crippen LogP contribution in [-0.4, -0.2) is 52.8 Å². The van der Waals surface area contributed by atoms with Gasteiger partial charge in [-0.25, -0.2) is 4.79 Å². The number of hydrogen-bond acceptors (Lipinski definition) is 4. The van der Waals surface area contributed by atoms with Gasteiger partial charge in [-0.3, -0.25) is 19.5 Å². The van der Waals surface area contributed by atoms with E-state index in [0.717, 1.165) is 11.6 Å². The van der Waals surface area contributed by atoms with Crippen molar-refractivity contribution < 1.29 is 27.6 Å². The third kappa shape index (κ3) is 4.38. The summed E-state index contributed by atoms with van der Waals surface area (Å²) in [6.45, 7) is -0.159. The van der Waals surface area contributed by atoms with Gasteiger partial charge in [-0.15, -0.1) is 0 Å². The molecule has 2 N–H and O–H groups in total. The number of hydrogen-bond donors (Lipinski definition) is 2. The van der Waals surface area contributed by atoms with Crippen molar-refractivity contribution in [2.75, 3.05) is 20.1 Å². The van der Waals surface area contributed by atoms with Gasteiger partial charge in [0, 0.05) is 26.0 Å². The van der Waals surface area contributed by atoms with Crippen LogP contribution in [0.15, 0.2) is 60.1 Å². The molecule has 1 aromatic heterocycles. The minimum absolute atomic E-state index is 0.0221. The molecule has 3 heterocycles. The summed E-state index contributed by atoms with van der Waals surface area (Å²) < 4.78 is 40.8. The lowest BCUT2D eigenvalue weighted by molar-refractivity contribution is -0.138. The van der Waals surface area contributed by atoms with Crippen LogP contribution in [0.3, 0.4) is 0 Å². The average molecular weight is 459 g/mol. The number of pyridine rings is 1. The molecule has 4 amide bonds. The van der Waals surface area contributed by atoms with Gasteiger partial charge in [0.2, 0.25) is 5.91 Å². The van der Waals surface area contributed by atoms with Gasteiger partial charge in [0.1, 0.15) is 6.54 Å². The van der Waals surface area contributed by atoms with Crippen LogP contribution in [0, 0.1) is 0 Å². The van der Waals surface area contributed by atoms with E-state index in [1.165, 1.54) is 35.0 Å². The molecule has 2 aliphatic heterocycles. The first-order valence-electron chi connectivity index (χ1n) is 10.0. The summed E-state index contributed by atoms with van der Waals surface area (Å²) in [6.07, 6.45) is -1.47. The number of carbonyl (C=O) groups is 3. The zero-order valence-corrected chi connectivity index (χ0v) is 17.5. The summed E-state index contributed by atoms with van der Waals surface area (Å²) in [7, 11) is 1.43. The van der Waals surface area contributed by atoms with Crippen LogP contribution < -0.4 is 10.6 Å². The van der Waals surface area contributed by atoms with Crippen molar-refractivity contribution in [3.8, 4) is 0 Å². The minimum atomic E-state index is -4.67. The first-order valence-corrected chi connectivity index (χ1v) is 10.0. The van der Waals surface area contributed by atoms with Crippen molar-refractivity contribution >= 4 is 17.8 Å². The van der Waals surface area contributed by atoms with Crippen molar-refractivity contribution in [2.45, 2.75) is 18.8 Å². The van der Waals surface area contributed by atoms with E-state index in [-0.39, 0.29) is 36.5 Å². The fourth-order valence-electron chi connectivity index (χ4n) is 3.92. The van der Waals surface area contributed by atoms with Crippen LogP contribution >= 0.6 is 0 Å². The number of halogens is 3. The number of urea groups is 1. The number of nitrogens with zero attached hydrogens (tertiary/aromatic N) is 3. The Labute approximate surface area is 187 Å². The van der Waals surface area contributed by atoms with Crippen molar-refractivity contribution in [3.63, 3.8) is 0 Å². The summed E-state index contributed by atoms with van der Waals surface area (Å²) in [5.41, 5.74) is -0.101. The van der Waals surface area contributed by atoms with Crippen LogP contribution in [0.2, 0.25) is 0 Å². The molecule has 8 nitrogen and oxygen atoms in total. The summed E-state index contributed by atoms with van der Waals surface area (Å²) in [5.74, 6) is -1.04. The molecule has 0 saturated heterocycles. The minimum Gasteiger partial charge on any atom is -0.350 e. The first-order chi connectivity index (χ1) is 15.7. The largest absolute Gasteiger partial charge is 0.416 e. The second-order valence-electron chi connectivity index (χ2n) is 7.69. The zero-order chi connectivity index (χ0) is 23.8. The van der Waals surface area contributed by atoms with E-state index in [0.29, 0.717) is 0 Å². The van der Waals surface area contributed by atoms with Gasteiger partial charge in [-0.05, 0) is 23.3 Å². The molecule has 2 aliphatic rings. The van der Waals surface area contributed by atoms with Gasteiger partial charge in [-0.1, -0.05) is 24.3 Å². The lowest BCUT2D eigenvalue weighted by Gasteiger charge is -2.32. The predicted octanol–water partition coefficient (Wildman–Crippen LogP) is 2.21. The van der Waals surface area contributed by atoms with E-state index in [9.17, 15) is 27.6 Å². The Balaban J connectivity index is 1.56. The molecule has 0 fully saturated rings. The van der Waals surface area contributed by atoms with E-state index in [4.69, 9.17) is 0 Å². The molecule has 0 saturated carbocycles. The van der Waals surface area contributed by atoms with Crippen molar-refractivity contribution in [1.82, 2.24) is 25.4 Å². The van der Waals surface area contributed by atoms with E-state index in [1.54, 1.807) is 24.5 Å². The topological polar surface area (TPSA) is 94.6 Å². The highest BCUT2D eigenvalue weighted by Gasteiger charge is 2.45. The molecule has 2 aromatic rings. The summed E-state index contributed by atoms with van der Waals surface area (Å²) in [6, 6.07) is 6.39. The summed E-state index contributed by atoms with van der Waals surface area (Å²) in [4.78, 5) is 44.4. The summed E-state index contributed by atoms with van der Waals surface area (Å²) in [5, 5.41) is 5.17. The number of aromatic nitrogens is 1.